The molecule has 1 unspecified atom stereocenters. The van der Waals surface area contributed by atoms with E-state index in [0.717, 1.165) is 6.42 Å². The number of benzene rings is 2. The van der Waals surface area contributed by atoms with E-state index in [9.17, 15) is 4.39 Å². The van der Waals surface area contributed by atoms with Crippen molar-refractivity contribution in [1.82, 2.24) is 0 Å². The van der Waals surface area contributed by atoms with Crippen molar-refractivity contribution in [3.8, 4) is 6.07 Å². The zero-order valence-electron chi connectivity index (χ0n) is 10.7. The summed E-state index contributed by atoms with van der Waals surface area (Å²) < 4.78 is 13.7. The van der Waals surface area contributed by atoms with Crippen LogP contribution in [0.25, 0.3) is 0 Å². The number of halogens is 1. The van der Waals surface area contributed by atoms with Crippen LogP contribution in [-0.4, -0.2) is 6.04 Å². The molecule has 2 aromatic carbocycles. The highest BCUT2D eigenvalue weighted by Crippen LogP contribution is 2.17. The van der Waals surface area contributed by atoms with Crippen LogP contribution in [0.2, 0.25) is 0 Å². The van der Waals surface area contributed by atoms with Gasteiger partial charge in [-0.2, -0.15) is 5.26 Å². The van der Waals surface area contributed by atoms with Gasteiger partial charge in [0.25, 0.3) is 0 Å². The van der Waals surface area contributed by atoms with Crippen LogP contribution in [0.5, 0.6) is 0 Å². The minimum Gasteiger partial charge on any atom is -0.380 e. The molecule has 3 heteroatoms. The Morgan fingerprint density at radius 3 is 2.58 bits per heavy atom. The number of rotatable bonds is 4. The summed E-state index contributed by atoms with van der Waals surface area (Å²) in [5.41, 5.74) is 1.97. The molecule has 2 rings (SSSR count). The molecule has 0 spiro atoms. The second-order valence-electron chi connectivity index (χ2n) is 4.54. The summed E-state index contributed by atoms with van der Waals surface area (Å²) in [6, 6.07) is 16.6. The normalized spacial score (nSPS) is 11.6. The monoisotopic (exact) mass is 254 g/mol. The molecule has 0 radical (unpaired) electrons. The van der Waals surface area contributed by atoms with Crippen LogP contribution in [0.15, 0.2) is 48.5 Å². The fourth-order valence-corrected chi connectivity index (χ4v) is 1.99. The average Bonchev–Trinajstić information content (AvgIpc) is 2.42. The van der Waals surface area contributed by atoms with Gasteiger partial charge in [0.15, 0.2) is 0 Å². The van der Waals surface area contributed by atoms with Crippen LogP contribution in [0.3, 0.4) is 0 Å². The molecule has 0 aliphatic carbocycles. The van der Waals surface area contributed by atoms with Crippen molar-refractivity contribution >= 4 is 5.69 Å². The van der Waals surface area contributed by atoms with Crippen molar-refractivity contribution in [3.05, 3.63) is 65.5 Å². The molecule has 1 N–H and O–H groups in total. The minimum atomic E-state index is -0.390. The first kappa shape index (κ1) is 13.1. The third kappa shape index (κ3) is 3.56. The lowest BCUT2D eigenvalue weighted by atomic mass is 10.1. The maximum absolute atomic E-state index is 13.7. The molecule has 2 nitrogen and oxygen atoms in total. The average molecular weight is 254 g/mol. The van der Waals surface area contributed by atoms with Crippen molar-refractivity contribution in [2.24, 2.45) is 0 Å². The standard InChI is InChI=1S/C16H15FN2/c1-12(9-13-5-3-2-4-6-13)19-16-8-7-14(11-18)10-15(16)17/h2-8,10,12,19H,9H2,1H3. The van der Waals surface area contributed by atoms with Gasteiger partial charge in [-0.1, -0.05) is 30.3 Å². The Kier molecular flexibility index (Phi) is 4.15. The molecule has 0 aliphatic heterocycles. The van der Waals surface area contributed by atoms with Crippen LogP contribution >= 0.6 is 0 Å². The van der Waals surface area contributed by atoms with Crippen LogP contribution in [0, 0.1) is 17.1 Å². The van der Waals surface area contributed by atoms with E-state index in [-0.39, 0.29) is 11.9 Å². The summed E-state index contributed by atoms with van der Waals surface area (Å²) in [6.07, 6.45) is 0.820. The molecule has 1 atom stereocenters. The van der Waals surface area contributed by atoms with Crippen molar-refractivity contribution in [3.63, 3.8) is 0 Å². The molecule has 0 bridgehead atoms. The van der Waals surface area contributed by atoms with Gasteiger partial charge in [0.1, 0.15) is 5.82 Å². The van der Waals surface area contributed by atoms with Gasteiger partial charge in [0.2, 0.25) is 0 Å². The Labute approximate surface area is 112 Å². The van der Waals surface area contributed by atoms with Crippen LogP contribution in [-0.2, 0) is 6.42 Å². The summed E-state index contributed by atoms with van der Waals surface area (Å²) in [5.74, 6) is -0.390. The lowest BCUT2D eigenvalue weighted by Crippen LogP contribution is -2.18. The molecule has 0 heterocycles. The molecule has 0 saturated carbocycles. The van der Waals surface area contributed by atoms with Gasteiger partial charge in [-0.25, -0.2) is 4.39 Å². The molecule has 0 aromatic heterocycles. The van der Waals surface area contributed by atoms with Crippen molar-refractivity contribution in [1.29, 1.82) is 5.26 Å². The van der Waals surface area contributed by atoms with E-state index >= 15 is 0 Å². The van der Waals surface area contributed by atoms with E-state index in [1.807, 2.05) is 43.3 Å². The topological polar surface area (TPSA) is 35.8 Å². The fraction of sp³-hybridized carbons (Fsp3) is 0.188. The van der Waals surface area contributed by atoms with Gasteiger partial charge in [-0.05, 0) is 37.1 Å². The predicted octanol–water partition coefficient (Wildman–Crippen LogP) is 3.74. The number of hydrogen-bond donors (Lipinski definition) is 1. The number of nitrogens with zero attached hydrogens (tertiary/aromatic N) is 1. The quantitative estimate of drug-likeness (QED) is 0.902. The van der Waals surface area contributed by atoms with E-state index < -0.39 is 0 Å². The van der Waals surface area contributed by atoms with Gasteiger partial charge in [0.05, 0.1) is 17.3 Å². The molecular weight excluding hydrogens is 239 g/mol. The SMILES string of the molecule is CC(Cc1ccccc1)Nc1ccc(C#N)cc1F. The lowest BCUT2D eigenvalue weighted by molar-refractivity contribution is 0.625. The molecule has 0 fully saturated rings. The van der Waals surface area contributed by atoms with E-state index in [1.54, 1.807) is 12.1 Å². The van der Waals surface area contributed by atoms with Gasteiger partial charge >= 0.3 is 0 Å². The predicted molar refractivity (Wildman–Crippen MR) is 74.3 cm³/mol. The molecule has 19 heavy (non-hydrogen) atoms. The molecule has 2 aromatic rings. The van der Waals surface area contributed by atoms with Gasteiger partial charge in [-0.15, -0.1) is 0 Å². The number of anilines is 1. The molecular formula is C16H15FN2. The molecule has 96 valence electrons. The molecule has 0 aliphatic rings. The zero-order chi connectivity index (χ0) is 13.7. The third-order valence-corrected chi connectivity index (χ3v) is 2.88. The van der Waals surface area contributed by atoms with Crippen molar-refractivity contribution < 1.29 is 4.39 Å². The Balaban J connectivity index is 2.03. The van der Waals surface area contributed by atoms with Crippen LogP contribution in [0.1, 0.15) is 18.1 Å². The summed E-state index contributed by atoms with van der Waals surface area (Å²) in [5, 5.41) is 11.8. The second-order valence-corrected chi connectivity index (χ2v) is 4.54. The Hall–Kier alpha value is -2.34. The largest absolute Gasteiger partial charge is 0.380 e. The molecule has 0 amide bonds. The maximum atomic E-state index is 13.7. The highest BCUT2D eigenvalue weighted by Gasteiger charge is 2.08. The number of hydrogen-bond acceptors (Lipinski definition) is 2. The van der Waals surface area contributed by atoms with Crippen LogP contribution < -0.4 is 5.32 Å². The van der Waals surface area contributed by atoms with E-state index in [2.05, 4.69) is 5.32 Å². The third-order valence-electron chi connectivity index (χ3n) is 2.88. The summed E-state index contributed by atoms with van der Waals surface area (Å²) in [6.45, 7) is 2.00. The summed E-state index contributed by atoms with van der Waals surface area (Å²) in [4.78, 5) is 0. The van der Waals surface area contributed by atoms with E-state index in [1.165, 1.54) is 11.6 Å². The first-order valence-electron chi connectivity index (χ1n) is 6.19. The molecule has 0 saturated heterocycles. The first-order valence-corrected chi connectivity index (χ1v) is 6.19. The van der Waals surface area contributed by atoms with Crippen LogP contribution in [0.4, 0.5) is 10.1 Å². The van der Waals surface area contributed by atoms with E-state index in [4.69, 9.17) is 5.26 Å². The summed E-state index contributed by atoms with van der Waals surface area (Å²) in [7, 11) is 0. The van der Waals surface area contributed by atoms with Crippen molar-refractivity contribution in [2.75, 3.05) is 5.32 Å². The Morgan fingerprint density at radius 1 is 1.21 bits per heavy atom. The van der Waals surface area contributed by atoms with Gasteiger partial charge < -0.3 is 5.32 Å². The maximum Gasteiger partial charge on any atom is 0.147 e. The van der Waals surface area contributed by atoms with Crippen molar-refractivity contribution in [2.45, 2.75) is 19.4 Å². The van der Waals surface area contributed by atoms with E-state index in [0.29, 0.717) is 11.3 Å². The number of nitrogens with one attached hydrogen (secondary N) is 1. The Morgan fingerprint density at radius 2 is 1.95 bits per heavy atom. The lowest BCUT2D eigenvalue weighted by Gasteiger charge is -2.16. The fourth-order valence-electron chi connectivity index (χ4n) is 1.99. The highest BCUT2D eigenvalue weighted by atomic mass is 19.1. The second kappa shape index (κ2) is 6.01. The first-order chi connectivity index (χ1) is 9.19. The Bertz CT molecular complexity index is 587. The highest BCUT2D eigenvalue weighted by molar-refractivity contribution is 5.49. The van der Waals surface area contributed by atoms with Gasteiger partial charge in [-0.3, -0.25) is 0 Å². The minimum absolute atomic E-state index is 0.116. The number of nitriles is 1. The zero-order valence-corrected chi connectivity index (χ0v) is 10.7. The van der Waals surface area contributed by atoms with Gasteiger partial charge in [0, 0.05) is 6.04 Å². The summed E-state index contributed by atoms with van der Waals surface area (Å²) >= 11 is 0. The smallest absolute Gasteiger partial charge is 0.147 e.